The van der Waals surface area contributed by atoms with Crippen molar-refractivity contribution in [2.45, 2.75) is 221 Å². The Morgan fingerprint density at radius 2 is 0.940 bits per heavy atom. The molecule has 0 amide bonds. The highest BCUT2D eigenvalue weighted by Crippen LogP contribution is 2.37. The summed E-state index contributed by atoms with van der Waals surface area (Å²) in [5.41, 5.74) is -3.33. The lowest BCUT2D eigenvalue weighted by Crippen LogP contribution is -2.56. The van der Waals surface area contributed by atoms with Gasteiger partial charge in [0.2, 0.25) is 0 Å². The number of cyclic esters (lactones) is 2. The molecular formula is C50H91NO16. The minimum absolute atomic E-state index is 0.0223. The number of likely N-dealkylation sites (N-methyl/N-ethyl adjacent to an activating group) is 1. The lowest BCUT2D eigenvalue weighted by atomic mass is 9.75. The second-order valence-corrected chi connectivity index (χ2v) is 21.6. The van der Waals surface area contributed by atoms with Crippen molar-refractivity contribution >= 4 is 23.5 Å². The number of carbonyl (C=O) groups is 4. The monoisotopic (exact) mass is 962 g/mol. The van der Waals surface area contributed by atoms with Gasteiger partial charge in [0.05, 0.1) is 71.9 Å². The summed E-state index contributed by atoms with van der Waals surface area (Å²) in [6.45, 7) is 24.8. The van der Waals surface area contributed by atoms with Crippen LogP contribution in [0.4, 0.5) is 0 Å². The van der Waals surface area contributed by atoms with E-state index in [0.29, 0.717) is 19.3 Å². The van der Waals surface area contributed by atoms with Gasteiger partial charge < -0.3 is 64.7 Å². The molecule has 0 aromatic heterocycles. The summed E-state index contributed by atoms with van der Waals surface area (Å²) in [7, 11) is 3.72. The van der Waals surface area contributed by atoms with Crippen LogP contribution in [0.3, 0.4) is 0 Å². The Labute approximate surface area is 400 Å². The number of hydrogen-bond donors (Lipinski definition) is 8. The average Bonchev–Trinajstić information content (AvgIpc) is 3.27. The Morgan fingerprint density at radius 3 is 1.33 bits per heavy atom. The van der Waals surface area contributed by atoms with E-state index in [1.165, 1.54) is 20.8 Å². The highest BCUT2D eigenvalue weighted by molar-refractivity contribution is 5.84. The molecule has 8 N–H and O–H groups in total. The molecule has 17 nitrogen and oxygen atoms in total. The third kappa shape index (κ3) is 14.9. The molecule has 67 heavy (non-hydrogen) atoms. The maximum absolute atomic E-state index is 13.5. The van der Waals surface area contributed by atoms with Crippen molar-refractivity contribution in [1.82, 2.24) is 4.90 Å². The van der Waals surface area contributed by atoms with Crippen LogP contribution in [0.1, 0.15) is 136 Å². The van der Waals surface area contributed by atoms with Crippen LogP contribution in [-0.2, 0) is 38.1 Å². The molecule has 392 valence electrons. The topological polar surface area (TPSA) is 270 Å². The predicted octanol–water partition coefficient (Wildman–Crippen LogP) is 3.04. The standard InChI is InChI=1S/C29H53NO9.C21H38O7/c1-11-21-15(3)24(32)16(4)23(31)14(2)13-29(8,36)27(34)17(5)26(18(6)28(35)38-21)39-22-12-20(30(9)10)25(33)19(7)37-22;1-8-15-11(3)17(23)12(4)16(22)10(2)9-21(7,27)19(25)13(5)18(24)14(6)20(26)28-15/h14-22,24-27,32-34,36H,11-13H2,1-10H3;10-15,17-19,23-25,27H,8-9H2,1-7H3/t14-,15+,16+,17+,18-,19?,20?,21-,22+,24+,25-,26+,27-,29-;10-,11+,12+,13+,14-,15-,17+,18+,19-,21-/m11/s1. The van der Waals surface area contributed by atoms with Gasteiger partial charge in [0, 0.05) is 59.8 Å². The molecule has 0 spiro atoms. The smallest absolute Gasteiger partial charge is 0.311 e. The van der Waals surface area contributed by atoms with Crippen LogP contribution in [0, 0.1) is 59.2 Å². The summed E-state index contributed by atoms with van der Waals surface area (Å²) in [6, 6.07) is -0.247. The van der Waals surface area contributed by atoms with Crippen LogP contribution in [-0.4, -0.2) is 168 Å². The Hall–Kier alpha value is -2.16. The van der Waals surface area contributed by atoms with Crippen molar-refractivity contribution in [3.63, 3.8) is 0 Å². The number of carbonyl (C=O) groups excluding carboxylic acids is 4. The van der Waals surface area contributed by atoms with Crippen LogP contribution in [0.25, 0.3) is 0 Å². The van der Waals surface area contributed by atoms with E-state index >= 15 is 0 Å². The third-order valence-electron chi connectivity index (χ3n) is 15.6. The normalized spacial score (nSPS) is 47.4. The number of ketones is 2. The second-order valence-electron chi connectivity index (χ2n) is 21.6. The Morgan fingerprint density at radius 1 is 0.567 bits per heavy atom. The summed E-state index contributed by atoms with van der Waals surface area (Å²) in [5.74, 6) is -8.68. The van der Waals surface area contributed by atoms with Gasteiger partial charge in [-0.3, -0.25) is 19.2 Å². The van der Waals surface area contributed by atoms with Gasteiger partial charge in [0.15, 0.2) is 6.29 Å². The molecule has 0 aromatic carbocycles. The van der Waals surface area contributed by atoms with Gasteiger partial charge in [-0.15, -0.1) is 0 Å². The first-order valence-electron chi connectivity index (χ1n) is 24.7. The number of esters is 2. The summed E-state index contributed by atoms with van der Waals surface area (Å²) >= 11 is 0. The summed E-state index contributed by atoms with van der Waals surface area (Å²) < 4.78 is 23.8. The fraction of sp³-hybridized carbons (Fsp3) is 0.920. The molecule has 3 saturated heterocycles. The van der Waals surface area contributed by atoms with E-state index in [1.807, 2.05) is 32.8 Å². The Balaban J connectivity index is 0.000000487. The molecule has 3 rings (SSSR count). The van der Waals surface area contributed by atoms with Gasteiger partial charge in [0.25, 0.3) is 0 Å². The van der Waals surface area contributed by atoms with Crippen LogP contribution in [0.15, 0.2) is 0 Å². The average molecular weight is 962 g/mol. The molecule has 0 aliphatic carbocycles. The number of Topliss-reactive ketones (excluding diaryl/α,β-unsaturated/α-hetero) is 2. The summed E-state index contributed by atoms with van der Waals surface area (Å²) in [6.07, 6.45) is -9.02. The highest BCUT2D eigenvalue weighted by Gasteiger charge is 2.49. The zero-order chi connectivity index (χ0) is 52.0. The first-order valence-corrected chi connectivity index (χ1v) is 24.7. The van der Waals surface area contributed by atoms with E-state index in [4.69, 9.17) is 18.9 Å². The first kappa shape index (κ1) is 61.0. The van der Waals surface area contributed by atoms with E-state index in [2.05, 4.69) is 0 Å². The maximum Gasteiger partial charge on any atom is 0.311 e. The van der Waals surface area contributed by atoms with Gasteiger partial charge in [-0.2, -0.15) is 0 Å². The highest BCUT2D eigenvalue weighted by atomic mass is 16.7. The molecule has 2 unspecified atom stereocenters. The fourth-order valence-electron chi connectivity index (χ4n) is 10.6. The lowest BCUT2D eigenvalue weighted by molar-refractivity contribution is -0.268. The van der Waals surface area contributed by atoms with Crippen LogP contribution in [0.2, 0.25) is 0 Å². The number of ether oxygens (including phenoxy) is 4. The minimum Gasteiger partial charge on any atom is -0.462 e. The Bertz CT molecular complexity index is 1590. The predicted molar refractivity (Wildman–Crippen MR) is 250 cm³/mol. The SMILES string of the molecule is CC[C@H]1OC(=O)[C@H](C)[C@@H](O)[C@H](C)[C@@H](O)[C@](C)(O)C[C@@H](C)C(=O)[C@H](C)[C@@H](O)[C@H]1C.CC[C@H]1OC(=O)[C@H](C)[C@@H](O[C@H]2CC(N(C)C)[C@H](O)C(C)O2)[C@H](C)[C@@H](O)[C@](C)(O)C[C@@H](C)C(=O)[C@H](C)[C@@H](O)[C@H]1C. The molecule has 0 bridgehead atoms. The maximum atomic E-state index is 13.5. The molecular weight excluding hydrogens is 871 g/mol. The molecule has 3 fully saturated rings. The fourth-order valence-corrected chi connectivity index (χ4v) is 10.6. The number of hydrogen-bond acceptors (Lipinski definition) is 17. The largest absolute Gasteiger partial charge is 0.462 e. The van der Waals surface area contributed by atoms with E-state index in [-0.39, 0.29) is 30.4 Å². The van der Waals surface area contributed by atoms with E-state index in [1.54, 1.807) is 69.2 Å². The van der Waals surface area contributed by atoms with Gasteiger partial charge in [-0.25, -0.2) is 0 Å². The molecule has 17 heteroatoms. The quantitative estimate of drug-likeness (QED) is 0.184. The van der Waals surface area contributed by atoms with Gasteiger partial charge in [-0.1, -0.05) is 69.2 Å². The molecule has 3 heterocycles. The van der Waals surface area contributed by atoms with Crippen LogP contribution >= 0.6 is 0 Å². The van der Waals surface area contributed by atoms with Crippen molar-refractivity contribution in [2.24, 2.45) is 59.2 Å². The van der Waals surface area contributed by atoms with Crippen LogP contribution in [0.5, 0.6) is 0 Å². The molecule has 0 radical (unpaired) electrons. The van der Waals surface area contributed by atoms with E-state index in [9.17, 15) is 60.0 Å². The molecule has 0 saturated carbocycles. The minimum atomic E-state index is -1.69. The van der Waals surface area contributed by atoms with Gasteiger partial charge in [-0.05, 0) is 74.4 Å². The molecule has 3 aliphatic rings. The summed E-state index contributed by atoms with van der Waals surface area (Å²) in [4.78, 5) is 53.9. The molecule has 24 atom stereocenters. The van der Waals surface area contributed by atoms with Crippen molar-refractivity contribution in [3.8, 4) is 0 Å². The summed E-state index contributed by atoms with van der Waals surface area (Å²) in [5, 5.41) is 87.0. The second kappa shape index (κ2) is 25.3. The number of rotatable bonds is 5. The van der Waals surface area contributed by atoms with Crippen molar-refractivity contribution in [2.75, 3.05) is 14.1 Å². The molecule has 0 aromatic rings. The lowest BCUT2D eigenvalue weighted by Gasteiger charge is -2.44. The van der Waals surface area contributed by atoms with Crippen molar-refractivity contribution < 1.29 is 79.0 Å². The number of nitrogens with zero attached hydrogens (tertiary/aromatic N) is 1. The van der Waals surface area contributed by atoms with Crippen molar-refractivity contribution in [1.29, 1.82) is 0 Å². The van der Waals surface area contributed by atoms with Crippen molar-refractivity contribution in [3.05, 3.63) is 0 Å². The van der Waals surface area contributed by atoms with Gasteiger partial charge in [0.1, 0.15) is 23.8 Å². The Kier molecular flexibility index (Phi) is 23.0. The van der Waals surface area contributed by atoms with Crippen LogP contribution < -0.4 is 0 Å². The zero-order valence-electron chi connectivity index (χ0n) is 43.5. The first-order chi connectivity index (χ1) is 30.7. The molecule has 3 aliphatic heterocycles. The third-order valence-corrected chi connectivity index (χ3v) is 15.6. The van der Waals surface area contributed by atoms with Gasteiger partial charge >= 0.3 is 11.9 Å². The number of aliphatic hydroxyl groups is 8. The van der Waals surface area contributed by atoms with E-state index in [0.717, 1.165) is 0 Å². The zero-order valence-corrected chi connectivity index (χ0v) is 43.5. The van der Waals surface area contributed by atoms with E-state index < -0.39 is 150 Å². The number of aliphatic hydroxyl groups excluding tert-OH is 6.